The second kappa shape index (κ2) is 10.4. The lowest BCUT2D eigenvalue weighted by Gasteiger charge is -2.18. The number of benzene rings is 1. The first-order valence-corrected chi connectivity index (χ1v) is 7.87. The van der Waals surface area contributed by atoms with Crippen molar-refractivity contribution in [1.82, 2.24) is 0 Å². The smallest absolute Gasteiger partial charge is 0.337 e. The predicted octanol–water partition coefficient (Wildman–Crippen LogP) is 3.20. The first kappa shape index (κ1) is 21.4. The van der Waals surface area contributed by atoms with Crippen LogP contribution in [0.2, 0.25) is 0 Å². The fraction of sp³-hybridized carbons (Fsp3) is 0.368. The summed E-state index contributed by atoms with van der Waals surface area (Å²) in [5.74, 6) is 0.0103. The van der Waals surface area contributed by atoms with Gasteiger partial charge in [-0.05, 0) is 43.7 Å². The molecule has 0 bridgehead atoms. The van der Waals surface area contributed by atoms with Crippen molar-refractivity contribution in [2.75, 3.05) is 20.8 Å². The number of hydrogen-bond acceptors (Lipinski definition) is 7. The van der Waals surface area contributed by atoms with Gasteiger partial charge in [0.25, 0.3) is 0 Å². The van der Waals surface area contributed by atoms with Crippen LogP contribution in [0.3, 0.4) is 0 Å². The van der Waals surface area contributed by atoms with Crippen molar-refractivity contribution in [3.63, 3.8) is 0 Å². The molecule has 0 aromatic heterocycles. The maximum Gasteiger partial charge on any atom is 0.337 e. The molecule has 0 spiro atoms. The van der Waals surface area contributed by atoms with Crippen molar-refractivity contribution in [3.05, 3.63) is 47.6 Å². The van der Waals surface area contributed by atoms with Crippen LogP contribution in [0.15, 0.2) is 42.0 Å². The normalized spacial score (nSPS) is 11.3. The van der Waals surface area contributed by atoms with Crippen LogP contribution in [-0.2, 0) is 14.4 Å². The third-order valence-corrected chi connectivity index (χ3v) is 3.41. The van der Waals surface area contributed by atoms with Gasteiger partial charge in [0.2, 0.25) is 0 Å². The number of carbonyl (C=O) groups is 2. The van der Waals surface area contributed by atoms with Gasteiger partial charge in [0.1, 0.15) is 12.7 Å². The molecule has 0 saturated heterocycles. The fourth-order valence-corrected chi connectivity index (χ4v) is 2.13. The van der Waals surface area contributed by atoms with E-state index in [1.165, 1.54) is 38.5 Å². The van der Waals surface area contributed by atoms with Gasteiger partial charge in [0.15, 0.2) is 17.3 Å². The molecule has 1 N–H and O–H groups in total. The molecule has 1 aromatic rings. The van der Waals surface area contributed by atoms with Gasteiger partial charge in [-0.25, -0.2) is 9.68 Å². The van der Waals surface area contributed by atoms with E-state index in [-0.39, 0.29) is 18.8 Å². The number of methoxy groups -OCH3 is 2. The van der Waals surface area contributed by atoms with Gasteiger partial charge >= 0.3 is 5.97 Å². The van der Waals surface area contributed by atoms with Crippen molar-refractivity contribution in [2.45, 2.75) is 26.4 Å². The SMILES string of the molecule is C=C(CC(=O)C=C(C)C)[C@@H](COc1ccc(C(=O)OC)cc1OC)OO. The second-order valence-electron chi connectivity index (χ2n) is 5.79. The standard InChI is InChI=1S/C19H24O7/c1-12(2)8-15(20)9-13(3)18(26-22)11-25-16-7-6-14(19(21)24-5)10-17(16)23-4/h6-8,10,18,22H,3,9,11H2,1-2,4-5H3/t18-/m1/s1. The molecule has 142 valence electrons. The number of ketones is 1. The van der Waals surface area contributed by atoms with Crippen LogP contribution in [-0.4, -0.2) is 43.9 Å². The topological polar surface area (TPSA) is 91.3 Å². The molecule has 0 fully saturated rings. The summed E-state index contributed by atoms with van der Waals surface area (Å²) in [6, 6.07) is 4.53. The number of rotatable bonds is 10. The molecule has 0 heterocycles. The monoisotopic (exact) mass is 364 g/mol. The Bertz CT molecular complexity index is 687. The fourth-order valence-electron chi connectivity index (χ4n) is 2.13. The van der Waals surface area contributed by atoms with Gasteiger partial charge in [-0.1, -0.05) is 12.2 Å². The number of carbonyl (C=O) groups excluding carboxylic acids is 2. The third kappa shape index (κ3) is 6.34. The van der Waals surface area contributed by atoms with E-state index in [4.69, 9.17) is 14.7 Å². The predicted molar refractivity (Wildman–Crippen MR) is 95.5 cm³/mol. The highest BCUT2D eigenvalue weighted by Crippen LogP contribution is 2.29. The molecule has 0 aliphatic carbocycles. The van der Waals surface area contributed by atoms with Crippen LogP contribution >= 0.6 is 0 Å². The van der Waals surface area contributed by atoms with E-state index in [2.05, 4.69) is 16.2 Å². The van der Waals surface area contributed by atoms with Gasteiger partial charge in [-0.2, -0.15) is 0 Å². The zero-order valence-electron chi connectivity index (χ0n) is 15.4. The molecular weight excluding hydrogens is 340 g/mol. The lowest BCUT2D eigenvalue weighted by atomic mass is 10.0. The van der Waals surface area contributed by atoms with E-state index in [1.807, 2.05) is 13.8 Å². The molecule has 0 aliphatic heterocycles. The molecule has 1 rings (SSSR count). The Kier molecular flexibility index (Phi) is 8.54. The van der Waals surface area contributed by atoms with Crippen LogP contribution in [0.1, 0.15) is 30.6 Å². The van der Waals surface area contributed by atoms with Gasteiger partial charge in [-0.3, -0.25) is 10.1 Å². The minimum atomic E-state index is -0.894. The summed E-state index contributed by atoms with van der Waals surface area (Å²) in [5.41, 5.74) is 1.56. The van der Waals surface area contributed by atoms with E-state index in [1.54, 1.807) is 0 Å². The van der Waals surface area contributed by atoms with E-state index in [0.717, 1.165) is 5.57 Å². The summed E-state index contributed by atoms with van der Waals surface area (Å²) < 4.78 is 15.4. The van der Waals surface area contributed by atoms with Crippen molar-refractivity contribution < 1.29 is 33.9 Å². The minimum absolute atomic E-state index is 0.0260. The Morgan fingerprint density at radius 2 is 1.92 bits per heavy atom. The summed E-state index contributed by atoms with van der Waals surface area (Å²) in [4.78, 5) is 27.7. The highest BCUT2D eigenvalue weighted by molar-refractivity contribution is 5.92. The number of allylic oxidation sites excluding steroid dienone is 2. The van der Waals surface area contributed by atoms with Crippen molar-refractivity contribution >= 4 is 11.8 Å². The van der Waals surface area contributed by atoms with Crippen LogP contribution in [0.4, 0.5) is 0 Å². The molecule has 0 unspecified atom stereocenters. The zero-order valence-corrected chi connectivity index (χ0v) is 15.4. The van der Waals surface area contributed by atoms with Gasteiger partial charge < -0.3 is 14.2 Å². The molecule has 7 heteroatoms. The third-order valence-electron chi connectivity index (χ3n) is 3.41. The molecule has 0 saturated carbocycles. The first-order valence-electron chi connectivity index (χ1n) is 7.87. The maximum atomic E-state index is 11.8. The van der Waals surface area contributed by atoms with Gasteiger partial charge in [0.05, 0.1) is 19.8 Å². The molecule has 0 amide bonds. The lowest BCUT2D eigenvalue weighted by molar-refractivity contribution is -0.273. The average molecular weight is 364 g/mol. The second-order valence-corrected chi connectivity index (χ2v) is 5.79. The Morgan fingerprint density at radius 3 is 2.46 bits per heavy atom. The van der Waals surface area contributed by atoms with Crippen molar-refractivity contribution in [3.8, 4) is 11.5 Å². The number of esters is 1. The Balaban J connectivity index is 2.79. The molecular formula is C19H24O7. The lowest BCUT2D eigenvalue weighted by Crippen LogP contribution is -2.24. The average Bonchev–Trinajstić information content (AvgIpc) is 2.60. The molecule has 1 atom stereocenters. The van der Waals surface area contributed by atoms with Crippen LogP contribution in [0.5, 0.6) is 11.5 Å². The summed E-state index contributed by atoms with van der Waals surface area (Å²) in [6.45, 7) is 7.30. The number of hydrogen-bond donors (Lipinski definition) is 1. The van der Waals surface area contributed by atoms with Crippen LogP contribution < -0.4 is 9.47 Å². The summed E-state index contributed by atoms with van der Waals surface area (Å²) in [5, 5.41) is 9.08. The Morgan fingerprint density at radius 1 is 1.23 bits per heavy atom. The van der Waals surface area contributed by atoms with Crippen molar-refractivity contribution in [2.24, 2.45) is 0 Å². The molecule has 0 radical (unpaired) electrons. The quantitative estimate of drug-likeness (QED) is 0.224. The molecule has 0 aliphatic rings. The number of ether oxygens (including phenoxy) is 3. The summed E-state index contributed by atoms with van der Waals surface area (Å²) in [7, 11) is 2.71. The summed E-state index contributed by atoms with van der Waals surface area (Å²) >= 11 is 0. The molecule has 26 heavy (non-hydrogen) atoms. The van der Waals surface area contributed by atoms with Crippen LogP contribution in [0.25, 0.3) is 0 Å². The highest BCUT2D eigenvalue weighted by atomic mass is 17.1. The summed E-state index contributed by atoms with van der Waals surface area (Å²) in [6.07, 6.45) is 0.627. The molecule has 7 nitrogen and oxygen atoms in total. The van der Waals surface area contributed by atoms with Crippen LogP contribution in [0, 0.1) is 0 Å². The largest absolute Gasteiger partial charge is 0.493 e. The van der Waals surface area contributed by atoms with E-state index in [0.29, 0.717) is 22.6 Å². The minimum Gasteiger partial charge on any atom is -0.493 e. The highest BCUT2D eigenvalue weighted by Gasteiger charge is 2.18. The maximum absolute atomic E-state index is 11.8. The van der Waals surface area contributed by atoms with Crippen molar-refractivity contribution in [1.29, 1.82) is 0 Å². The Labute approximate surface area is 152 Å². The van der Waals surface area contributed by atoms with E-state index in [9.17, 15) is 9.59 Å². The first-order chi connectivity index (χ1) is 12.3. The van der Waals surface area contributed by atoms with Gasteiger partial charge in [0, 0.05) is 6.42 Å². The zero-order chi connectivity index (χ0) is 19.7. The Hall–Kier alpha value is -2.64. The van der Waals surface area contributed by atoms with Gasteiger partial charge in [-0.15, -0.1) is 0 Å². The van der Waals surface area contributed by atoms with E-state index < -0.39 is 12.1 Å². The molecule has 1 aromatic carbocycles. The van der Waals surface area contributed by atoms with E-state index >= 15 is 0 Å².